The van der Waals surface area contributed by atoms with E-state index in [0.717, 1.165) is 38.9 Å². The Balaban J connectivity index is 0.953. The number of benzene rings is 5. The maximum Gasteiger partial charge on any atom is 0.328 e. The molecule has 0 aliphatic carbocycles. The van der Waals surface area contributed by atoms with Gasteiger partial charge in [0.25, 0.3) is 0 Å². The number of methoxy groups -OCH3 is 1. The summed E-state index contributed by atoms with van der Waals surface area (Å²) in [5, 5.41) is 16.3. The molecule has 0 spiro atoms. The lowest BCUT2D eigenvalue weighted by Gasteiger charge is -2.31. The largest absolute Gasteiger partial charge is 0.489 e. The van der Waals surface area contributed by atoms with E-state index in [-0.39, 0.29) is 18.4 Å². The molecule has 2 N–H and O–H groups in total. The molecule has 0 bridgehead atoms. The van der Waals surface area contributed by atoms with Gasteiger partial charge in [-0.2, -0.15) is 5.26 Å². The molecule has 0 fully saturated rings. The monoisotopic (exact) mass is 747 g/mol. The number of nitrogens with one attached hydrogen (secondary N) is 2. The van der Waals surface area contributed by atoms with Crippen LogP contribution in [-0.2, 0) is 40.3 Å². The first-order chi connectivity index (χ1) is 25.8. The smallest absolute Gasteiger partial charge is 0.328 e. The highest BCUT2D eigenvalue weighted by Gasteiger charge is 2.31. The van der Waals surface area contributed by atoms with Gasteiger partial charge in [0.05, 0.1) is 34.8 Å². The third-order valence-corrected chi connectivity index (χ3v) is 10.3. The molecule has 2 heterocycles. The number of carbonyl (C=O) groups is 2. The predicted molar refractivity (Wildman–Crippen MR) is 201 cm³/mol. The zero-order valence-corrected chi connectivity index (χ0v) is 30.2. The third kappa shape index (κ3) is 8.26. The molecule has 1 unspecified atom stereocenters. The van der Waals surface area contributed by atoms with Gasteiger partial charge in [-0.05, 0) is 82.3 Å². The molecule has 2 aliphatic heterocycles. The van der Waals surface area contributed by atoms with Crippen molar-refractivity contribution in [3.8, 4) is 34.4 Å². The number of ether oxygens (including phenoxy) is 4. The molecular formula is C42H35Cl2N3O6. The van der Waals surface area contributed by atoms with Gasteiger partial charge in [-0.25, -0.2) is 4.79 Å². The van der Waals surface area contributed by atoms with Crippen LogP contribution in [0.1, 0.15) is 39.5 Å². The number of halogens is 2. The van der Waals surface area contributed by atoms with Crippen molar-refractivity contribution in [1.29, 1.82) is 5.26 Å². The molecule has 2 aliphatic rings. The Hall–Kier alpha value is -5.53. The first kappa shape index (κ1) is 35.9. The fourth-order valence-corrected chi connectivity index (χ4v) is 6.82. The molecule has 9 nitrogen and oxygen atoms in total. The molecule has 3 atom stereocenters. The van der Waals surface area contributed by atoms with Gasteiger partial charge >= 0.3 is 5.97 Å². The summed E-state index contributed by atoms with van der Waals surface area (Å²) in [7, 11) is 1.31. The molecule has 0 saturated carbocycles. The fourth-order valence-electron chi connectivity index (χ4n) is 6.45. The van der Waals surface area contributed by atoms with Gasteiger partial charge in [0.15, 0.2) is 17.6 Å². The topological polar surface area (TPSA) is 119 Å². The molecule has 5 aromatic carbocycles. The van der Waals surface area contributed by atoms with E-state index in [2.05, 4.69) is 16.7 Å². The number of amides is 1. The Kier molecular flexibility index (Phi) is 10.8. The minimum Gasteiger partial charge on any atom is -0.489 e. The van der Waals surface area contributed by atoms with Gasteiger partial charge in [0, 0.05) is 18.5 Å². The lowest BCUT2D eigenvalue weighted by atomic mass is 9.94. The number of nitrogens with zero attached hydrogens (tertiary/aromatic N) is 1. The van der Waals surface area contributed by atoms with Crippen molar-refractivity contribution in [3.63, 3.8) is 0 Å². The van der Waals surface area contributed by atoms with Crippen molar-refractivity contribution in [3.05, 3.63) is 147 Å². The molecule has 53 heavy (non-hydrogen) atoms. The molecule has 1 amide bonds. The zero-order valence-electron chi connectivity index (χ0n) is 28.7. The van der Waals surface area contributed by atoms with Crippen LogP contribution in [0.2, 0.25) is 10.0 Å². The number of hydrogen-bond acceptors (Lipinski definition) is 8. The van der Waals surface area contributed by atoms with Gasteiger partial charge in [-0.1, -0.05) is 83.9 Å². The van der Waals surface area contributed by atoms with Crippen LogP contribution in [0.15, 0.2) is 103 Å². The summed E-state index contributed by atoms with van der Waals surface area (Å²) in [6, 6.07) is 32.8. The van der Waals surface area contributed by atoms with Crippen molar-refractivity contribution in [2.24, 2.45) is 0 Å². The van der Waals surface area contributed by atoms with Crippen molar-refractivity contribution < 1.29 is 28.5 Å². The maximum atomic E-state index is 13.5. The zero-order chi connectivity index (χ0) is 36.9. The van der Waals surface area contributed by atoms with Crippen LogP contribution in [0.4, 0.5) is 0 Å². The van der Waals surface area contributed by atoms with Gasteiger partial charge in [0.2, 0.25) is 5.91 Å². The Labute approximate surface area is 317 Å². The Morgan fingerprint density at radius 3 is 2.38 bits per heavy atom. The molecular weight excluding hydrogens is 713 g/mol. The van der Waals surface area contributed by atoms with Crippen molar-refractivity contribution in [2.45, 2.75) is 44.2 Å². The SMILES string of the molecule is COC(=O)[C@H](Cc1ccc(-c2ccc(C#N)cc2)cc1)NC(=O)C1Cc2cc3c(cc2CN1)O[C@@H](c1ccc(OCc2cccc(Cl)c2Cl)cc1)CO3. The van der Waals surface area contributed by atoms with Gasteiger partial charge in [0.1, 0.15) is 25.0 Å². The quantitative estimate of drug-likeness (QED) is 0.141. The van der Waals surface area contributed by atoms with E-state index in [1.165, 1.54) is 7.11 Å². The summed E-state index contributed by atoms with van der Waals surface area (Å²) < 4.78 is 23.5. The lowest BCUT2D eigenvalue weighted by molar-refractivity contribution is -0.145. The highest BCUT2D eigenvalue weighted by Crippen LogP contribution is 2.40. The Bertz CT molecular complexity index is 2170. The van der Waals surface area contributed by atoms with Gasteiger partial charge in [-0.3, -0.25) is 4.79 Å². The standard InChI is InChI=1S/C42H35Cl2N3O6/c1-50-42(49)36(17-25-5-9-27(10-6-25)28-11-7-26(21-45)8-12-28)47-41(48)35-18-31-19-37-38(20-32(31)22-46-35)53-39(24-52-37)29-13-15-33(16-14-29)51-23-30-3-2-4-34(43)40(30)44/h2-16,19-20,35-36,39,46H,17-18,22-24H2,1H3,(H,47,48)/t35?,36-,39+/m0/s1. The summed E-state index contributed by atoms with van der Waals surface area (Å²) in [4.78, 5) is 26.3. The van der Waals surface area contributed by atoms with Crippen LogP contribution in [0.5, 0.6) is 17.2 Å². The Morgan fingerprint density at radius 2 is 1.66 bits per heavy atom. The first-order valence-corrected chi connectivity index (χ1v) is 17.9. The number of hydrogen-bond donors (Lipinski definition) is 2. The van der Waals surface area contributed by atoms with Crippen LogP contribution in [-0.4, -0.2) is 37.7 Å². The number of esters is 1. The van der Waals surface area contributed by atoms with Crippen molar-refractivity contribution in [2.75, 3.05) is 13.7 Å². The normalized spacial score (nSPS) is 16.4. The second kappa shape index (κ2) is 16.0. The van der Waals surface area contributed by atoms with E-state index in [9.17, 15) is 9.59 Å². The van der Waals surface area contributed by atoms with E-state index in [4.69, 9.17) is 47.4 Å². The van der Waals surface area contributed by atoms with E-state index >= 15 is 0 Å². The van der Waals surface area contributed by atoms with Gasteiger partial charge in [-0.15, -0.1) is 0 Å². The molecule has 0 saturated heterocycles. The first-order valence-electron chi connectivity index (χ1n) is 17.1. The Morgan fingerprint density at radius 1 is 0.943 bits per heavy atom. The third-order valence-electron chi connectivity index (χ3n) is 9.43. The van der Waals surface area contributed by atoms with Crippen LogP contribution in [0.25, 0.3) is 11.1 Å². The summed E-state index contributed by atoms with van der Waals surface area (Å²) in [5.41, 5.74) is 7.14. The highest BCUT2D eigenvalue weighted by atomic mass is 35.5. The summed E-state index contributed by atoms with van der Waals surface area (Å²) in [6.07, 6.45) is 0.369. The molecule has 0 radical (unpaired) electrons. The maximum absolute atomic E-state index is 13.5. The highest BCUT2D eigenvalue weighted by molar-refractivity contribution is 6.42. The molecule has 7 rings (SSSR count). The summed E-state index contributed by atoms with van der Waals surface area (Å²) >= 11 is 12.4. The van der Waals surface area contributed by atoms with Crippen LogP contribution in [0.3, 0.4) is 0 Å². The van der Waals surface area contributed by atoms with Crippen LogP contribution >= 0.6 is 23.2 Å². The molecule has 0 aromatic heterocycles. The van der Waals surface area contributed by atoms with E-state index in [1.807, 2.05) is 84.9 Å². The number of nitriles is 1. The van der Waals surface area contributed by atoms with Crippen molar-refractivity contribution in [1.82, 2.24) is 10.6 Å². The second-order valence-electron chi connectivity index (χ2n) is 12.9. The fraction of sp³-hybridized carbons (Fsp3) is 0.214. The minimum absolute atomic E-state index is 0.267. The average molecular weight is 749 g/mol. The lowest BCUT2D eigenvalue weighted by Crippen LogP contribution is -2.53. The van der Waals surface area contributed by atoms with E-state index in [1.54, 1.807) is 18.2 Å². The summed E-state index contributed by atoms with van der Waals surface area (Å²) in [5.74, 6) is 1.13. The predicted octanol–water partition coefficient (Wildman–Crippen LogP) is 7.54. The number of fused-ring (bicyclic) bond motifs is 2. The average Bonchev–Trinajstić information content (AvgIpc) is 3.20. The van der Waals surface area contributed by atoms with E-state index in [0.29, 0.717) is 59.0 Å². The molecule has 268 valence electrons. The van der Waals surface area contributed by atoms with Crippen LogP contribution in [0, 0.1) is 11.3 Å². The second-order valence-corrected chi connectivity index (χ2v) is 13.7. The molecule has 11 heteroatoms. The summed E-state index contributed by atoms with van der Waals surface area (Å²) in [6.45, 7) is 1.05. The van der Waals surface area contributed by atoms with Crippen LogP contribution < -0.4 is 24.8 Å². The van der Waals surface area contributed by atoms with Crippen molar-refractivity contribution >= 4 is 35.1 Å². The number of rotatable bonds is 10. The van der Waals surface area contributed by atoms with E-state index < -0.39 is 18.1 Å². The van der Waals surface area contributed by atoms with Gasteiger partial charge < -0.3 is 29.6 Å². The minimum atomic E-state index is -0.865. The molecule has 5 aromatic rings. The number of carbonyl (C=O) groups excluding carboxylic acids is 2.